The maximum Gasteiger partial charge on any atom is 0.271 e. The molecule has 8 rings (SSSR count). The van der Waals surface area contributed by atoms with E-state index in [0.29, 0.717) is 18.5 Å². The van der Waals surface area contributed by atoms with Crippen molar-refractivity contribution in [2.75, 3.05) is 37.6 Å². The lowest BCUT2D eigenvalue weighted by Gasteiger charge is -2.41. The molecule has 12 heteroatoms. The third-order valence-corrected chi connectivity index (χ3v) is 10.5. The minimum absolute atomic E-state index is 0.0174. The van der Waals surface area contributed by atoms with Gasteiger partial charge in [-0.05, 0) is 58.1 Å². The zero-order valence-electron chi connectivity index (χ0n) is 30.7. The van der Waals surface area contributed by atoms with Crippen LogP contribution in [0.5, 0.6) is 0 Å². The van der Waals surface area contributed by atoms with Crippen molar-refractivity contribution in [3.63, 3.8) is 0 Å². The lowest BCUT2D eigenvalue weighted by Crippen LogP contribution is -2.49. The molecular formula is C44H42N6O6. The molecule has 56 heavy (non-hydrogen) atoms. The molecule has 0 aliphatic carbocycles. The molecule has 0 spiro atoms. The van der Waals surface area contributed by atoms with E-state index in [0.717, 1.165) is 77.3 Å². The highest BCUT2D eigenvalue weighted by molar-refractivity contribution is 5.93. The van der Waals surface area contributed by atoms with Gasteiger partial charge in [-0.25, -0.2) is 4.98 Å². The number of non-ortho nitro benzene ring substituents is 1. The predicted molar refractivity (Wildman–Crippen MR) is 213 cm³/mol. The first-order valence-corrected chi connectivity index (χ1v) is 18.8. The molecule has 1 aromatic heterocycles. The number of fused-ring (bicyclic) bond motifs is 1. The average molecular weight is 751 g/mol. The van der Waals surface area contributed by atoms with E-state index in [-0.39, 0.29) is 41.0 Å². The van der Waals surface area contributed by atoms with E-state index in [4.69, 9.17) is 9.47 Å². The van der Waals surface area contributed by atoms with Gasteiger partial charge in [0.25, 0.3) is 11.6 Å². The number of amides is 1. The average Bonchev–Trinajstić information content (AvgIpc) is 3.25. The first-order valence-electron chi connectivity index (χ1n) is 18.8. The van der Waals surface area contributed by atoms with Gasteiger partial charge in [0.1, 0.15) is 5.69 Å². The molecule has 5 aromatic carbocycles. The Morgan fingerprint density at radius 1 is 0.804 bits per heavy atom. The van der Waals surface area contributed by atoms with Crippen LogP contribution in [0.4, 0.5) is 11.4 Å². The number of carbonyl (C=O) groups excluding carboxylic acids is 1. The number of aromatic nitrogens is 2. The number of hydrogen-bond acceptors (Lipinski definition) is 10. The van der Waals surface area contributed by atoms with Gasteiger partial charge in [0.15, 0.2) is 6.29 Å². The summed E-state index contributed by atoms with van der Waals surface area (Å²) < 4.78 is 13.3. The minimum Gasteiger partial charge on any atom is -0.392 e. The van der Waals surface area contributed by atoms with Crippen molar-refractivity contribution in [3.8, 4) is 11.1 Å². The first-order chi connectivity index (χ1) is 27.4. The summed E-state index contributed by atoms with van der Waals surface area (Å²) in [5.41, 5.74) is 8.57. The van der Waals surface area contributed by atoms with Crippen LogP contribution in [0, 0.1) is 10.1 Å². The Kier molecular flexibility index (Phi) is 11.0. The van der Waals surface area contributed by atoms with Gasteiger partial charge in [-0.1, -0.05) is 78.9 Å². The van der Waals surface area contributed by atoms with Gasteiger partial charge in [0.05, 0.1) is 41.0 Å². The van der Waals surface area contributed by atoms with E-state index in [9.17, 15) is 20.0 Å². The SMILES string of the molecule is O=C(NCc1cccc(-c2ccc(C3OC(CN4CCN(c5ccc([N+](=O)[O-])cc5)CC4)CC(c4ccc(CO)cc4)O3)cc2)c1)c1cnc2ccccc2n1. The van der Waals surface area contributed by atoms with E-state index in [1.165, 1.54) is 6.20 Å². The molecule has 6 aromatic rings. The molecule has 2 saturated heterocycles. The Morgan fingerprint density at radius 3 is 2.27 bits per heavy atom. The quantitative estimate of drug-likeness (QED) is 0.105. The van der Waals surface area contributed by atoms with Gasteiger partial charge in [-0.15, -0.1) is 0 Å². The number of nitro groups is 1. The van der Waals surface area contributed by atoms with Gasteiger partial charge in [-0.2, -0.15) is 0 Å². The number of aliphatic hydroxyl groups is 1. The van der Waals surface area contributed by atoms with Crippen LogP contribution < -0.4 is 10.2 Å². The number of anilines is 1. The molecule has 2 aliphatic rings. The fourth-order valence-corrected chi connectivity index (χ4v) is 7.33. The van der Waals surface area contributed by atoms with E-state index in [2.05, 4.69) is 43.3 Å². The second-order valence-electron chi connectivity index (χ2n) is 14.2. The Bertz CT molecular complexity index is 2300. The van der Waals surface area contributed by atoms with Crippen LogP contribution in [0.3, 0.4) is 0 Å². The molecule has 284 valence electrons. The summed E-state index contributed by atoms with van der Waals surface area (Å²) in [5, 5.41) is 23.7. The lowest BCUT2D eigenvalue weighted by atomic mass is 9.98. The fourth-order valence-electron chi connectivity index (χ4n) is 7.33. The van der Waals surface area contributed by atoms with Crippen molar-refractivity contribution in [3.05, 3.63) is 166 Å². The standard InChI is InChI=1S/C44H42N6O6/c51-29-30-8-10-33(11-9-30)42-25-38(28-48-20-22-49(23-21-48)36-16-18-37(19-17-36)50(53)54)55-44(56-42)34-14-12-32(13-15-34)35-5-3-4-31(24-35)26-46-43(52)41-27-45-39-6-1-2-7-40(39)47-41/h1-19,24,27,38,42,44,51H,20-23,25-26,28-29H2,(H,46,52). The fraction of sp³-hybridized carbons (Fsp3) is 0.250. The summed E-state index contributed by atoms with van der Waals surface area (Å²) in [6.45, 7) is 4.37. The zero-order chi connectivity index (χ0) is 38.4. The van der Waals surface area contributed by atoms with E-state index in [1.54, 1.807) is 12.1 Å². The topological polar surface area (TPSA) is 143 Å². The van der Waals surface area contributed by atoms with Crippen LogP contribution >= 0.6 is 0 Å². The highest BCUT2D eigenvalue weighted by Gasteiger charge is 2.34. The van der Waals surface area contributed by atoms with Crippen LogP contribution in [0.1, 0.15) is 51.6 Å². The number of rotatable bonds is 11. The number of carbonyl (C=O) groups is 1. The molecule has 3 heterocycles. The Labute approximate surface area is 324 Å². The Balaban J connectivity index is 0.926. The van der Waals surface area contributed by atoms with Crippen molar-refractivity contribution in [2.45, 2.75) is 38.1 Å². The van der Waals surface area contributed by atoms with E-state index < -0.39 is 6.29 Å². The smallest absolute Gasteiger partial charge is 0.271 e. The summed E-state index contributed by atoms with van der Waals surface area (Å²) in [4.78, 5) is 37.1. The number of benzene rings is 5. The summed E-state index contributed by atoms with van der Waals surface area (Å²) in [7, 11) is 0. The summed E-state index contributed by atoms with van der Waals surface area (Å²) >= 11 is 0. The molecule has 0 bridgehead atoms. The molecule has 2 aliphatic heterocycles. The lowest BCUT2D eigenvalue weighted by molar-refractivity contribution is -0.384. The molecule has 1 amide bonds. The predicted octanol–water partition coefficient (Wildman–Crippen LogP) is 6.99. The van der Waals surface area contributed by atoms with E-state index >= 15 is 0 Å². The number of ether oxygens (including phenoxy) is 2. The van der Waals surface area contributed by atoms with Crippen molar-refractivity contribution in [2.24, 2.45) is 0 Å². The second kappa shape index (κ2) is 16.8. The van der Waals surface area contributed by atoms with Crippen LogP contribution in [-0.2, 0) is 22.6 Å². The summed E-state index contributed by atoms with van der Waals surface area (Å²) in [6, 6.07) is 38.4. The van der Waals surface area contributed by atoms with Crippen LogP contribution in [0.25, 0.3) is 22.2 Å². The number of hydrogen-bond donors (Lipinski definition) is 2. The Hall–Kier alpha value is -6.05. The van der Waals surface area contributed by atoms with Gasteiger partial charge < -0.3 is 24.8 Å². The molecule has 12 nitrogen and oxygen atoms in total. The molecular weight excluding hydrogens is 709 g/mol. The van der Waals surface area contributed by atoms with Gasteiger partial charge in [0, 0.05) is 69.1 Å². The number of piperazine rings is 1. The molecule has 3 atom stereocenters. The zero-order valence-corrected chi connectivity index (χ0v) is 30.7. The van der Waals surface area contributed by atoms with Crippen LogP contribution in [0.15, 0.2) is 128 Å². The first kappa shape index (κ1) is 36.9. The Morgan fingerprint density at radius 2 is 1.54 bits per heavy atom. The largest absolute Gasteiger partial charge is 0.392 e. The van der Waals surface area contributed by atoms with E-state index in [1.807, 2.05) is 91.0 Å². The number of aliphatic hydroxyl groups excluding tert-OH is 1. The summed E-state index contributed by atoms with van der Waals surface area (Å²) in [5.74, 6) is -0.282. The number of nitro benzene ring substituents is 1. The molecule has 0 saturated carbocycles. The van der Waals surface area contributed by atoms with Crippen molar-refractivity contribution < 1.29 is 24.3 Å². The highest BCUT2D eigenvalue weighted by Crippen LogP contribution is 2.39. The third kappa shape index (κ3) is 8.59. The monoisotopic (exact) mass is 750 g/mol. The highest BCUT2D eigenvalue weighted by atomic mass is 16.7. The molecule has 2 fully saturated rings. The number of para-hydroxylation sites is 2. The minimum atomic E-state index is -0.577. The van der Waals surface area contributed by atoms with Gasteiger partial charge in [-0.3, -0.25) is 24.8 Å². The second-order valence-corrected chi connectivity index (χ2v) is 14.2. The van der Waals surface area contributed by atoms with Crippen LogP contribution in [0.2, 0.25) is 0 Å². The van der Waals surface area contributed by atoms with Crippen molar-refractivity contribution >= 4 is 28.3 Å². The molecule has 3 unspecified atom stereocenters. The normalized spacial score (nSPS) is 18.8. The van der Waals surface area contributed by atoms with Gasteiger partial charge in [0.2, 0.25) is 0 Å². The maximum atomic E-state index is 12.9. The number of nitrogens with zero attached hydrogens (tertiary/aromatic N) is 5. The summed E-state index contributed by atoms with van der Waals surface area (Å²) in [6.07, 6.45) is 1.33. The number of nitrogens with one attached hydrogen (secondary N) is 1. The maximum absolute atomic E-state index is 12.9. The van der Waals surface area contributed by atoms with Gasteiger partial charge >= 0.3 is 0 Å². The van der Waals surface area contributed by atoms with Crippen LogP contribution in [-0.4, -0.2) is 69.6 Å². The molecule has 2 N–H and O–H groups in total. The van der Waals surface area contributed by atoms with Crippen molar-refractivity contribution in [1.29, 1.82) is 0 Å². The van der Waals surface area contributed by atoms with Crippen molar-refractivity contribution in [1.82, 2.24) is 20.2 Å². The third-order valence-electron chi connectivity index (χ3n) is 10.5. The molecule has 0 radical (unpaired) electrons.